The molecule has 1 unspecified atom stereocenters. The SMILES string of the molecule is CC(C)c1csc(C(N)c2cc(Cl)c3c(c2)OCO3)n1. The Morgan fingerprint density at radius 2 is 2.15 bits per heavy atom. The van der Waals surface area contributed by atoms with Crippen LogP contribution in [0.5, 0.6) is 11.5 Å². The van der Waals surface area contributed by atoms with Crippen LogP contribution in [0, 0.1) is 0 Å². The van der Waals surface area contributed by atoms with Gasteiger partial charge in [0.25, 0.3) is 0 Å². The number of nitrogens with zero attached hydrogens (tertiary/aromatic N) is 1. The van der Waals surface area contributed by atoms with E-state index in [0.29, 0.717) is 22.4 Å². The first kappa shape index (κ1) is 13.7. The van der Waals surface area contributed by atoms with E-state index >= 15 is 0 Å². The Bertz CT molecular complexity index is 642. The molecule has 20 heavy (non-hydrogen) atoms. The number of hydrogen-bond acceptors (Lipinski definition) is 5. The fourth-order valence-electron chi connectivity index (χ4n) is 2.02. The third-order valence-electron chi connectivity index (χ3n) is 3.21. The molecule has 0 fully saturated rings. The largest absolute Gasteiger partial charge is 0.454 e. The molecule has 106 valence electrons. The van der Waals surface area contributed by atoms with Gasteiger partial charge in [-0.15, -0.1) is 11.3 Å². The lowest BCUT2D eigenvalue weighted by molar-refractivity contribution is 0.174. The topological polar surface area (TPSA) is 57.4 Å². The van der Waals surface area contributed by atoms with Gasteiger partial charge in [0.05, 0.1) is 16.8 Å². The highest BCUT2D eigenvalue weighted by Gasteiger charge is 2.22. The summed E-state index contributed by atoms with van der Waals surface area (Å²) in [5.74, 6) is 1.63. The standard InChI is InChI=1S/C14H15ClN2O2S/c1-7(2)10-5-20-14(17-10)12(16)8-3-9(15)13-11(4-8)18-6-19-13/h3-5,7,12H,6,16H2,1-2H3. The van der Waals surface area contributed by atoms with Crippen molar-refractivity contribution in [1.29, 1.82) is 0 Å². The molecule has 0 bridgehead atoms. The van der Waals surface area contributed by atoms with Crippen molar-refractivity contribution in [2.24, 2.45) is 5.73 Å². The van der Waals surface area contributed by atoms with Gasteiger partial charge in [0.15, 0.2) is 11.5 Å². The number of rotatable bonds is 3. The number of fused-ring (bicyclic) bond motifs is 1. The monoisotopic (exact) mass is 310 g/mol. The lowest BCUT2D eigenvalue weighted by atomic mass is 10.1. The number of halogens is 1. The third-order valence-corrected chi connectivity index (χ3v) is 4.43. The van der Waals surface area contributed by atoms with Crippen LogP contribution in [-0.4, -0.2) is 11.8 Å². The van der Waals surface area contributed by atoms with E-state index in [2.05, 4.69) is 24.2 Å². The molecule has 0 saturated carbocycles. The predicted molar refractivity (Wildman–Crippen MR) is 79.8 cm³/mol. The zero-order chi connectivity index (χ0) is 14.3. The van der Waals surface area contributed by atoms with Crippen molar-refractivity contribution in [3.63, 3.8) is 0 Å². The Morgan fingerprint density at radius 1 is 1.35 bits per heavy atom. The van der Waals surface area contributed by atoms with E-state index in [9.17, 15) is 0 Å². The van der Waals surface area contributed by atoms with Crippen LogP contribution >= 0.6 is 22.9 Å². The van der Waals surface area contributed by atoms with Gasteiger partial charge in [-0.1, -0.05) is 25.4 Å². The van der Waals surface area contributed by atoms with Crippen molar-refractivity contribution in [3.8, 4) is 11.5 Å². The van der Waals surface area contributed by atoms with Gasteiger partial charge < -0.3 is 15.2 Å². The second-order valence-corrected chi connectivity index (χ2v) is 6.28. The number of thiazole rings is 1. The lowest BCUT2D eigenvalue weighted by Gasteiger charge is -2.11. The summed E-state index contributed by atoms with van der Waals surface area (Å²) in [5.41, 5.74) is 8.23. The van der Waals surface area contributed by atoms with E-state index < -0.39 is 0 Å². The summed E-state index contributed by atoms with van der Waals surface area (Å²) in [7, 11) is 0. The highest BCUT2D eigenvalue weighted by atomic mass is 35.5. The first-order valence-electron chi connectivity index (χ1n) is 6.36. The molecule has 0 aliphatic carbocycles. The second-order valence-electron chi connectivity index (χ2n) is 4.98. The number of hydrogen-bond donors (Lipinski definition) is 1. The van der Waals surface area contributed by atoms with E-state index in [4.69, 9.17) is 26.8 Å². The molecule has 1 aromatic carbocycles. The Hall–Kier alpha value is -1.30. The predicted octanol–water partition coefficient (Wildman–Crippen LogP) is 3.70. The average Bonchev–Trinajstić information content (AvgIpc) is 3.06. The molecule has 1 aliphatic heterocycles. The van der Waals surface area contributed by atoms with Crippen LogP contribution in [0.25, 0.3) is 0 Å². The minimum absolute atomic E-state index is 0.197. The summed E-state index contributed by atoms with van der Waals surface area (Å²) in [6.45, 7) is 4.42. The molecule has 3 rings (SSSR count). The van der Waals surface area contributed by atoms with Crippen molar-refractivity contribution in [3.05, 3.63) is 38.8 Å². The molecule has 1 atom stereocenters. The maximum absolute atomic E-state index is 6.29. The van der Waals surface area contributed by atoms with Crippen LogP contribution in [0.3, 0.4) is 0 Å². The first-order valence-corrected chi connectivity index (χ1v) is 7.62. The van der Waals surface area contributed by atoms with Crippen LogP contribution in [0.4, 0.5) is 0 Å². The summed E-state index contributed by atoms with van der Waals surface area (Å²) in [6.07, 6.45) is 0. The summed E-state index contributed by atoms with van der Waals surface area (Å²) in [6, 6.07) is 3.38. The molecule has 2 heterocycles. The molecule has 1 aliphatic rings. The first-order chi connectivity index (χ1) is 9.56. The zero-order valence-corrected chi connectivity index (χ0v) is 12.8. The third kappa shape index (κ3) is 2.37. The highest BCUT2D eigenvalue weighted by Crippen LogP contribution is 2.41. The smallest absolute Gasteiger partial charge is 0.231 e. The summed E-state index contributed by atoms with van der Waals surface area (Å²) in [4.78, 5) is 4.59. The van der Waals surface area contributed by atoms with Gasteiger partial charge in [0.1, 0.15) is 5.01 Å². The van der Waals surface area contributed by atoms with Crippen LogP contribution in [-0.2, 0) is 0 Å². The lowest BCUT2D eigenvalue weighted by Crippen LogP contribution is -2.11. The number of benzene rings is 1. The molecular weight excluding hydrogens is 296 g/mol. The molecule has 2 aromatic rings. The normalized spacial score (nSPS) is 14.8. The van der Waals surface area contributed by atoms with Crippen LogP contribution in [0.2, 0.25) is 5.02 Å². The number of nitrogens with two attached hydrogens (primary N) is 1. The maximum atomic E-state index is 6.29. The Balaban J connectivity index is 1.93. The van der Waals surface area contributed by atoms with Crippen molar-refractivity contribution < 1.29 is 9.47 Å². The van der Waals surface area contributed by atoms with Crippen molar-refractivity contribution in [1.82, 2.24) is 4.98 Å². The summed E-state index contributed by atoms with van der Waals surface area (Å²) >= 11 is 7.75. The van der Waals surface area contributed by atoms with Gasteiger partial charge in [-0.05, 0) is 23.6 Å². The molecule has 0 saturated heterocycles. The van der Waals surface area contributed by atoms with Crippen LogP contribution < -0.4 is 15.2 Å². The highest BCUT2D eigenvalue weighted by molar-refractivity contribution is 7.09. The van der Waals surface area contributed by atoms with Gasteiger partial charge in [-0.25, -0.2) is 4.98 Å². The summed E-state index contributed by atoms with van der Waals surface area (Å²) in [5, 5.41) is 3.45. The van der Waals surface area contributed by atoms with Crippen LogP contribution in [0.1, 0.15) is 42.1 Å². The quantitative estimate of drug-likeness (QED) is 0.939. The van der Waals surface area contributed by atoms with E-state index in [-0.39, 0.29) is 12.8 Å². The van der Waals surface area contributed by atoms with Gasteiger partial charge in [-0.2, -0.15) is 0 Å². The van der Waals surface area contributed by atoms with Crippen molar-refractivity contribution >= 4 is 22.9 Å². The van der Waals surface area contributed by atoms with Gasteiger partial charge in [0.2, 0.25) is 6.79 Å². The van der Waals surface area contributed by atoms with Gasteiger partial charge in [-0.3, -0.25) is 0 Å². The fourth-order valence-corrected chi connectivity index (χ4v) is 3.30. The molecule has 6 heteroatoms. The summed E-state index contributed by atoms with van der Waals surface area (Å²) < 4.78 is 10.7. The van der Waals surface area contributed by atoms with E-state index in [0.717, 1.165) is 16.3 Å². The minimum Gasteiger partial charge on any atom is -0.454 e. The van der Waals surface area contributed by atoms with E-state index in [1.54, 1.807) is 11.3 Å². The van der Waals surface area contributed by atoms with E-state index in [1.807, 2.05) is 12.1 Å². The van der Waals surface area contributed by atoms with Gasteiger partial charge >= 0.3 is 0 Å². The Morgan fingerprint density at radius 3 is 2.85 bits per heavy atom. The van der Waals surface area contributed by atoms with Crippen LogP contribution in [0.15, 0.2) is 17.5 Å². The Kier molecular flexibility index (Phi) is 3.58. The number of ether oxygens (including phenoxy) is 2. The minimum atomic E-state index is -0.306. The molecular formula is C14H15ClN2O2S. The van der Waals surface area contributed by atoms with Gasteiger partial charge in [0, 0.05) is 5.38 Å². The number of aromatic nitrogens is 1. The van der Waals surface area contributed by atoms with Crippen molar-refractivity contribution in [2.45, 2.75) is 25.8 Å². The van der Waals surface area contributed by atoms with Crippen molar-refractivity contribution in [2.75, 3.05) is 6.79 Å². The molecule has 0 spiro atoms. The second kappa shape index (κ2) is 5.24. The maximum Gasteiger partial charge on any atom is 0.231 e. The zero-order valence-electron chi connectivity index (χ0n) is 11.2. The molecule has 0 amide bonds. The average molecular weight is 311 g/mol. The molecule has 2 N–H and O–H groups in total. The molecule has 1 aromatic heterocycles. The molecule has 4 nitrogen and oxygen atoms in total. The Labute approximate surface area is 126 Å². The molecule has 0 radical (unpaired) electrons. The van der Waals surface area contributed by atoms with E-state index in [1.165, 1.54) is 0 Å². The fraction of sp³-hybridized carbons (Fsp3) is 0.357.